The quantitative estimate of drug-likeness (QED) is 0.254. The fourth-order valence-electron chi connectivity index (χ4n) is 4.30. The Labute approximate surface area is 230 Å². The molecule has 0 unspecified atom stereocenters. The molecule has 0 aliphatic rings. The zero-order chi connectivity index (χ0) is 28.1. The lowest BCUT2D eigenvalue weighted by molar-refractivity contribution is -0.142. The number of esters is 1. The van der Waals surface area contributed by atoms with Gasteiger partial charge in [-0.25, -0.2) is 9.97 Å². The molecule has 1 N–H and O–H groups in total. The molecule has 2 aromatic carbocycles. The first kappa shape index (κ1) is 26.5. The molecule has 3 heterocycles. The number of aromatic nitrogens is 5. The molecule has 0 saturated heterocycles. The van der Waals surface area contributed by atoms with Crippen molar-refractivity contribution in [2.45, 2.75) is 26.8 Å². The van der Waals surface area contributed by atoms with E-state index in [1.165, 1.54) is 4.90 Å². The Bertz CT molecular complexity index is 1630. The number of pyridine rings is 1. The number of carbonyl (C=O) groups is 2. The number of nitrogens with one attached hydrogen (secondary N) is 1. The van der Waals surface area contributed by atoms with Gasteiger partial charge in [-0.3, -0.25) is 14.5 Å². The Morgan fingerprint density at radius 2 is 1.90 bits per heavy atom. The molecule has 0 radical (unpaired) electrons. The maximum absolute atomic E-state index is 13.6. The fraction of sp³-hybridized carbons (Fsp3) is 0.241. The lowest BCUT2D eigenvalue weighted by atomic mass is 10.1. The van der Waals surface area contributed by atoms with Crippen molar-refractivity contribution in [1.82, 2.24) is 24.7 Å². The second-order valence-electron chi connectivity index (χ2n) is 9.06. The van der Waals surface area contributed by atoms with Gasteiger partial charge in [0, 0.05) is 43.5 Å². The lowest BCUT2D eigenvalue weighted by Crippen LogP contribution is -2.34. The van der Waals surface area contributed by atoms with Gasteiger partial charge in [-0.05, 0) is 61.5 Å². The van der Waals surface area contributed by atoms with Crippen molar-refractivity contribution in [3.8, 4) is 11.4 Å². The van der Waals surface area contributed by atoms with Gasteiger partial charge in [-0.1, -0.05) is 11.2 Å². The summed E-state index contributed by atoms with van der Waals surface area (Å²) in [6, 6.07) is 18.5. The van der Waals surface area contributed by atoms with Crippen LogP contribution in [-0.2, 0) is 23.1 Å². The molecule has 1 amide bonds. The van der Waals surface area contributed by atoms with Gasteiger partial charge in [-0.2, -0.15) is 4.98 Å². The highest BCUT2D eigenvalue weighted by atomic mass is 16.5. The zero-order valence-electron chi connectivity index (χ0n) is 22.5. The average Bonchev–Trinajstić information content (AvgIpc) is 3.55. The van der Waals surface area contributed by atoms with E-state index in [1.54, 1.807) is 50.4 Å². The van der Waals surface area contributed by atoms with E-state index in [-0.39, 0.29) is 31.4 Å². The number of hydrogen-bond donors (Lipinski definition) is 1. The third-order valence-corrected chi connectivity index (χ3v) is 6.36. The van der Waals surface area contributed by atoms with Crippen LogP contribution in [0.5, 0.6) is 0 Å². The van der Waals surface area contributed by atoms with Crippen LogP contribution in [0.3, 0.4) is 0 Å². The molecule has 40 heavy (non-hydrogen) atoms. The van der Waals surface area contributed by atoms with Crippen LogP contribution in [-0.4, -0.2) is 49.7 Å². The highest BCUT2D eigenvalue weighted by Gasteiger charge is 2.21. The number of amides is 1. The Kier molecular flexibility index (Phi) is 7.81. The Balaban J connectivity index is 1.32. The largest absolute Gasteiger partial charge is 0.466 e. The number of imidazole rings is 1. The van der Waals surface area contributed by atoms with Gasteiger partial charge in [0.1, 0.15) is 11.6 Å². The minimum absolute atomic E-state index is 0.0630. The van der Waals surface area contributed by atoms with E-state index in [2.05, 4.69) is 20.4 Å². The molecule has 0 aliphatic carbocycles. The highest BCUT2D eigenvalue weighted by Crippen LogP contribution is 2.22. The molecule has 5 aromatic rings. The Hall–Kier alpha value is -5.06. The Morgan fingerprint density at radius 1 is 1.07 bits per heavy atom. The van der Waals surface area contributed by atoms with Crippen LogP contribution in [0.15, 0.2) is 71.4 Å². The first-order chi connectivity index (χ1) is 19.4. The van der Waals surface area contributed by atoms with Crippen molar-refractivity contribution in [3.05, 3.63) is 84.1 Å². The summed E-state index contributed by atoms with van der Waals surface area (Å²) in [6.45, 7) is 4.42. The van der Waals surface area contributed by atoms with E-state index in [1.807, 2.05) is 41.9 Å². The van der Waals surface area contributed by atoms with Gasteiger partial charge in [-0.15, -0.1) is 0 Å². The fourth-order valence-corrected chi connectivity index (χ4v) is 4.30. The molecule has 0 fully saturated rings. The van der Waals surface area contributed by atoms with Crippen LogP contribution in [0.4, 0.5) is 11.5 Å². The van der Waals surface area contributed by atoms with E-state index in [4.69, 9.17) is 14.2 Å². The molecule has 0 saturated carbocycles. The summed E-state index contributed by atoms with van der Waals surface area (Å²) in [4.78, 5) is 40.4. The van der Waals surface area contributed by atoms with Crippen molar-refractivity contribution < 1.29 is 18.8 Å². The van der Waals surface area contributed by atoms with Crippen LogP contribution in [0.2, 0.25) is 0 Å². The van der Waals surface area contributed by atoms with Crippen molar-refractivity contribution in [1.29, 1.82) is 0 Å². The van der Waals surface area contributed by atoms with E-state index >= 15 is 0 Å². The molecular weight excluding hydrogens is 510 g/mol. The summed E-state index contributed by atoms with van der Waals surface area (Å²) >= 11 is 0. The van der Waals surface area contributed by atoms with Gasteiger partial charge < -0.3 is 19.1 Å². The van der Waals surface area contributed by atoms with Gasteiger partial charge in [0.15, 0.2) is 0 Å². The highest BCUT2D eigenvalue weighted by molar-refractivity contribution is 6.07. The van der Waals surface area contributed by atoms with Crippen molar-refractivity contribution in [2.24, 2.45) is 7.05 Å². The van der Waals surface area contributed by atoms with E-state index in [0.717, 1.165) is 22.6 Å². The van der Waals surface area contributed by atoms with Crippen LogP contribution in [0.1, 0.15) is 35.4 Å². The molecule has 11 heteroatoms. The third-order valence-electron chi connectivity index (χ3n) is 6.36. The van der Waals surface area contributed by atoms with Crippen molar-refractivity contribution in [2.75, 3.05) is 23.4 Å². The second-order valence-corrected chi connectivity index (χ2v) is 9.06. The predicted molar refractivity (Wildman–Crippen MR) is 150 cm³/mol. The summed E-state index contributed by atoms with van der Waals surface area (Å²) in [5.74, 6) is 1.70. The molecule has 0 aliphatic heterocycles. The molecule has 0 spiro atoms. The number of aryl methyl sites for hydroxylation is 2. The standard InChI is InChI=1S/C29H29N7O4/c1-4-39-27(37)14-16-36(25-7-5-6-15-30-25)29(38)21-10-13-24-23(17-21)33-26(35(24)3)18-31-22-11-8-20(9-12-22)28-32-19(2)40-34-28/h5-13,15,17,31H,4,14,16,18H2,1-3H3. The predicted octanol–water partition coefficient (Wildman–Crippen LogP) is 4.54. The topological polar surface area (TPSA) is 128 Å². The van der Waals surface area contributed by atoms with Gasteiger partial charge in [0.2, 0.25) is 11.7 Å². The van der Waals surface area contributed by atoms with Crippen LogP contribution >= 0.6 is 0 Å². The molecule has 0 bridgehead atoms. The van der Waals surface area contributed by atoms with Gasteiger partial charge in [0.05, 0.1) is 30.6 Å². The number of nitrogens with zero attached hydrogens (tertiary/aromatic N) is 6. The summed E-state index contributed by atoms with van der Waals surface area (Å²) in [6.07, 6.45) is 1.68. The molecular formula is C29H29N7O4. The monoisotopic (exact) mass is 539 g/mol. The Morgan fingerprint density at radius 3 is 2.60 bits per heavy atom. The maximum atomic E-state index is 13.6. The number of hydrogen-bond acceptors (Lipinski definition) is 9. The smallest absolute Gasteiger partial charge is 0.307 e. The second kappa shape index (κ2) is 11.8. The first-order valence-electron chi connectivity index (χ1n) is 12.9. The maximum Gasteiger partial charge on any atom is 0.307 e. The average molecular weight is 540 g/mol. The van der Waals surface area contributed by atoms with E-state index in [0.29, 0.717) is 35.2 Å². The number of benzene rings is 2. The summed E-state index contributed by atoms with van der Waals surface area (Å²) in [7, 11) is 1.94. The van der Waals surface area contributed by atoms with E-state index < -0.39 is 0 Å². The zero-order valence-corrected chi connectivity index (χ0v) is 22.5. The molecule has 5 rings (SSSR count). The molecule has 11 nitrogen and oxygen atoms in total. The summed E-state index contributed by atoms with van der Waals surface area (Å²) in [5, 5.41) is 7.33. The SMILES string of the molecule is CCOC(=O)CCN(C(=O)c1ccc2c(c1)nc(CNc1ccc(-c3noc(C)n3)cc1)n2C)c1ccccn1. The van der Waals surface area contributed by atoms with Crippen molar-refractivity contribution >= 4 is 34.4 Å². The molecule has 204 valence electrons. The van der Waals surface area contributed by atoms with Crippen LogP contribution in [0.25, 0.3) is 22.4 Å². The molecule has 3 aromatic heterocycles. The third kappa shape index (κ3) is 5.83. The number of fused-ring (bicyclic) bond motifs is 1. The van der Waals surface area contributed by atoms with Crippen molar-refractivity contribution in [3.63, 3.8) is 0 Å². The number of anilines is 2. The van der Waals surface area contributed by atoms with Crippen LogP contribution < -0.4 is 10.2 Å². The normalized spacial score (nSPS) is 11.0. The van der Waals surface area contributed by atoms with Gasteiger partial charge in [0.25, 0.3) is 5.91 Å². The number of carbonyl (C=O) groups excluding carboxylic acids is 2. The molecule has 0 atom stereocenters. The number of rotatable bonds is 10. The first-order valence-corrected chi connectivity index (χ1v) is 12.9. The lowest BCUT2D eigenvalue weighted by Gasteiger charge is -2.21. The minimum Gasteiger partial charge on any atom is -0.466 e. The van der Waals surface area contributed by atoms with E-state index in [9.17, 15) is 9.59 Å². The summed E-state index contributed by atoms with van der Waals surface area (Å²) in [5.41, 5.74) is 3.82. The minimum atomic E-state index is -0.368. The number of ether oxygens (including phenoxy) is 1. The summed E-state index contributed by atoms with van der Waals surface area (Å²) < 4.78 is 12.1. The van der Waals surface area contributed by atoms with Crippen LogP contribution in [0, 0.1) is 6.92 Å². The van der Waals surface area contributed by atoms with Gasteiger partial charge >= 0.3 is 5.97 Å².